The molecule has 3 heteroatoms. The number of ketones is 1. The summed E-state index contributed by atoms with van der Waals surface area (Å²) in [5.41, 5.74) is 0.202. The van der Waals surface area contributed by atoms with Crippen LogP contribution in [0.5, 0.6) is 0 Å². The molecule has 3 nitrogen and oxygen atoms in total. The molecule has 2 saturated heterocycles. The van der Waals surface area contributed by atoms with Gasteiger partial charge in [0.05, 0.1) is 11.7 Å². The van der Waals surface area contributed by atoms with Crippen LogP contribution in [-0.4, -0.2) is 30.6 Å². The van der Waals surface area contributed by atoms with Gasteiger partial charge in [-0.25, -0.2) is 0 Å². The highest BCUT2D eigenvalue weighted by molar-refractivity contribution is 5.82. The summed E-state index contributed by atoms with van der Waals surface area (Å²) in [7, 11) is 0. The number of hydrogen-bond acceptors (Lipinski definition) is 3. The summed E-state index contributed by atoms with van der Waals surface area (Å²) in [6.45, 7) is 1.73. The Bertz CT molecular complexity index is 310. The van der Waals surface area contributed by atoms with Gasteiger partial charge in [0.2, 0.25) is 0 Å². The smallest absolute Gasteiger partial charge is 0.138 e. The topological polar surface area (TPSA) is 38.3 Å². The van der Waals surface area contributed by atoms with Gasteiger partial charge < -0.3 is 10.1 Å². The van der Waals surface area contributed by atoms with Gasteiger partial charge >= 0.3 is 0 Å². The van der Waals surface area contributed by atoms with Crippen molar-refractivity contribution in [3.05, 3.63) is 0 Å². The van der Waals surface area contributed by atoms with Crippen LogP contribution >= 0.6 is 0 Å². The zero-order valence-electron chi connectivity index (χ0n) is 11.2. The summed E-state index contributed by atoms with van der Waals surface area (Å²) in [6, 6.07) is 0. The van der Waals surface area contributed by atoms with E-state index < -0.39 is 0 Å². The lowest BCUT2D eigenvalue weighted by Crippen LogP contribution is -2.39. The number of carbonyl (C=O) groups excluding carboxylic acids is 1. The maximum atomic E-state index is 11.9. The highest BCUT2D eigenvalue weighted by atomic mass is 16.5. The molecule has 1 saturated carbocycles. The van der Waals surface area contributed by atoms with E-state index in [1.807, 2.05) is 0 Å². The fourth-order valence-corrected chi connectivity index (χ4v) is 3.96. The van der Waals surface area contributed by atoms with E-state index in [4.69, 9.17) is 4.74 Å². The lowest BCUT2D eigenvalue weighted by molar-refractivity contribution is -0.126. The second kappa shape index (κ2) is 5.30. The Kier molecular flexibility index (Phi) is 3.71. The van der Waals surface area contributed by atoms with Crippen LogP contribution < -0.4 is 5.32 Å². The van der Waals surface area contributed by atoms with Crippen molar-refractivity contribution in [3.63, 3.8) is 0 Å². The molecule has 2 heterocycles. The minimum atomic E-state index is 0.202. The Morgan fingerprint density at radius 3 is 2.83 bits per heavy atom. The van der Waals surface area contributed by atoms with Crippen LogP contribution in [0.25, 0.3) is 0 Å². The van der Waals surface area contributed by atoms with Crippen LogP contribution in [-0.2, 0) is 9.53 Å². The molecular weight excluding hydrogens is 226 g/mol. The maximum absolute atomic E-state index is 11.9. The van der Waals surface area contributed by atoms with Gasteiger partial charge in [0, 0.05) is 25.4 Å². The van der Waals surface area contributed by atoms with Gasteiger partial charge in [-0.15, -0.1) is 0 Å². The quantitative estimate of drug-likeness (QED) is 0.819. The Morgan fingerprint density at radius 2 is 2.06 bits per heavy atom. The van der Waals surface area contributed by atoms with E-state index in [0.29, 0.717) is 18.3 Å². The Hall–Kier alpha value is -0.410. The zero-order valence-corrected chi connectivity index (χ0v) is 11.2. The summed E-state index contributed by atoms with van der Waals surface area (Å²) in [5, 5.41) is 3.33. The van der Waals surface area contributed by atoms with Gasteiger partial charge in [-0.1, -0.05) is 19.3 Å². The second-order valence-corrected chi connectivity index (χ2v) is 6.38. The molecule has 0 aromatic rings. The first-order valence-electron chi connectivity index (χ1n) is 7.69. The molecule has 0 amide bonds. The van der Waals surface area contributed by atoms with Crippen LogP contribution in [0.4, 0.5) is 0 Å². The van der Waals surface area contributed by atoms with E-state index in [2.05, 4.69) is 5.32 Å². The number of carbonyl (C=O) groups is 1. The monoisotopic (exact) mass is 251 g/mol. The van der Waals surface area contributed by atoms with Crippen LogP contribution in [0.15, 0.2) is 0 Å². The third kappa shape index (κ3) is 2.62. The molecule has 2 atom stereocenters. The van der Waals surface area contributed by atoms with E-state index >= 15 is 0 Å². The van der Waals surface area contributed by atoms with Gasteiger partial charge in [0.15, 0.2) is 0 Å². The maximum Gasteiger partial charge on any atom is 0.138 e. The van der Waals surface area contributed by atoms with E-state index in [1.165, 1.54) is 44.9 Å². The minimum absolute atomic E-state index is 0.202. The lowest BCUT2D eigenvalue weighted by Gasteiger charge is -2.34. The number of Topliss-reactive ketones (excluding diaryl/α,β-unsaturated/α-hetero) is 1. The first-order chi connectivity index (χ1) is 8.77. The summed E-state index contributed by atoms with van der Waals surface area (Å²) in [6.07, 6.45) is 10.9. The molecule has 1 aliphatic carbocycles. The number of rotatable bonds is 2. The average molecular weight is 251 g/mol. The summed E-state index contributed by atoms with van der Waals surface area (Å²) in [5.74, 6) is 0.657. The van der Waals surface area contributed by atoms with E-state index in [0.717, 1.165) is 19.5 Å². The average Bonchev–Trinajstić information content (AvgIpc) is 2.76. The van der Waals surface area contributed by atoms with Crippen LogP contribution in [0, 0.1) is 5.92 Å². The fourth-order valence-electron chi connectivity index (χ4n) is 3.96. The van der Waals surface area contributed by atoms with Crippen molar-refractivity contribution in [1.82, 2.24) is 5.32 Å². The molecule has 0 aromatic heterocycles. The van der Waals surface area contributed by atoms with Gasteiger partial charge in [-0.05, 0) is 32.1 Å². The number of hydrogen-bond donors (Lipinski definition) is 1. The molecule has 1 N–H and O–H groups in total. The SMILES string of the molecule is O=C1CCNCC1CC1CCC2(CCCCC2)O1. The van der Waals surface area contributed by atoms with E-state index in [1.54, 1.807) is 0 Å². The molecule has 3 rings (SSSR count). The Morgan fingerprint density at radius 1 is 1.22 bits per heavy atom. The first kappa shape index (κ1) is 12.6. The highest BCUT2D eigenvalue weighted by Crippen LogP contribution is 2.43. The summed E-state index contributed by atoms with van der Waals surface area (Å²) >= 11 is 0. The van der Waals surface area contributed by atoms with Crippen LogP contribution in [0.3, 0.4) is 0 Å². The number of ether oxygens (including phenoxy) is 1. The zero-order chi connectivity index (χ0) is 12.4. The first-order valence-corrected chi connectivity index (χ1v) is 7.69. The van der Waals surface area contributed by atoms with E-state index in [9.17, 15) is 4.79 Å². The third-order valence-electron chi connectivity index (χ3n) is 5.05. The Labute approximate surface area is 110 Å². The largest absolute Gasteiger partial charge is 0.372 e. The van der Waals surface area contributed by atoms with Gasteiger partial charge in [-0.3, -0.25) is 4.79 Å². The van der Waals surface area contributed by atoms with Crippen molar-refractivity contribution in [2.45, 2.75) is 69.5 Å². The van der Waals surface area contributed by atoms with Gasteiger partial charge in [0.1, 0.15) is 5.78 Å². The standard InChI is InChI=1S/C15H25NO2/c17-14-5-9-16-11-12(14)10-13-4-8-15(18-13)6-2-1-3-7-15/h12-13,16H,1-11H2. The summed E-state index contributed by atoms with van der Waals surface area (Å²) in [4.78, 5) is 11.9. The molecule has 18 heavy (non-hydrogen) atoms. The van der Waals surface area contributed by atoms with Crippen LogP contribution in [0.2, 0.25) is 0 Å². The van der Waals surface area contributed by atoms with E-state index in [-0.39, 0.29) is 11.5 Å². The lowest BCUT2D eigenvalue weighted by atomic mass is 9.83. The molecule has 0 aromatic carbocycles. The van der Waals surface area contributed by atoms with Crippen molar-refractivity contribution < 1.29 is 9.53 Å². The van der Waals surface area contributed by atoms with Crippen molar-refractivity contribution in [2.24, 2.45) is 5.92 Å². The molecule has 2 aliphatic heterocycles. The molecule has 3 fully saturated rings. The van der Waals surface area contributed by atoms with Crippen LogP contribution in [0.1, 0.15) is 57.8 Å². The van der Waals surface area contributed by atoms with Crippen molar-refractivity contribution in [1.29, 1.82) is 0 Å². The molecule has 3 aliphatic rings. The van der Waals surface area contributed by atoms with Gasteiger partial charge in [0.25, 0.3) is 0 Å². The summed E-state index contributed by atoms with van der Waals surface area (Å²) < 4.78 is 6.36. The second-order valence-electron chi connectivity index (χ2n) is 6.38. The third-order valence-corrected chi connectivity index (χ3v) is 5.05. The molecule has 102 valence electrons. The van der Waals surface area contributed by atoms with Gasteiger partial charge in [-0.2, -0.15) is 0 Å². The molecule has 1 spiro atoms. The molecular formula is C15H25NO2. The highest BCUT2D eigenvalue weighted by Gasteiger charge is 2.41. The predicted molar refractivity (Wildman–Crippen MR) is 70.5 cm³/mol. The fraction of sp³-hybridized carbons (Fsp3) is 0.933. The van der Waals surface area contributed by atoms with Crippen molar-refractivity contribution in [3.8, 4) is 0 Å². The number of nitrogens with one attached hydrogen (secondary N) is 1. The minimum Gasteiger partial charge on any atom is -0.372 e. The molecule has 0 bridgehead atoms. The van der Waals surface area contributed by atoms with Crippen molar-refractivity contribution >= 4 is 5.78 Å². The van der Waals surface area contributed by atoms with Crippen molar-refractivity contribution in [2.75, 3.05) is 13.1 Å². The Balaban J connectivity index is 1.53. The molecule has 2 unspecified atom stereocenters. The number of piperidine rings is 1. The normalized spacial score (nSPS) is 36.1. The molecule has 0 radical (unpaired) electrons. The predicted octanol–water partition coefficient (Wildman–Crippen LogP) is 2.44.